The molecule has 0 aliphatic heterocycles. The van der Waals surface area contributed by atoms with E-state index in [1.54, 1.807) is 31.0 Å². The summed E-state index contributed by atoms with van der Waals surface area (Å²) >= 11 is 1.68. The third-order valence-electron chi connectivity index (χ3n) is 7.76. The predicted octanol–water partition coefficient (Wildman–Crippen LogP) is 5.72. The van der Waals surface area contributed by atoms with Crippen LogP contribution in [0.25, 0.3) is 0 Å². The number of hydrogen-bond acceptors (Lipinski definition) is 5. The number of aliphatic carboxylic acids is 1. The zero-order chi connectivity index (χ0) is 26.3. The summed E-state index contributed by atoms with van der Waals surface area (Å²) in [6, 6.07) is 11.2. The average Bonchev–Trinajstić information content (AvgIpc) is 2.86. The second kappa shape index (κ2) is 12.9. The minimum atomic E-state index is -0.994. The molecule has 1 aliphatic rings. The number of carbonyl (C=O) groups is 1. The van der Waals surface area contributed by atoms with Crippen molar-refractivity contribution in [2.24, 2.45) is 11.8 Å². The quantitative estimate of drug-likeness (QED) is 0.262. The van der Waals surface area contributed by atoms with Crippen LogP contribution < -0.4 is 10.1 Å². The van der Waals surface area contributed by atoms with Gasteiger partial charge in [0.2, 0.25) is 0 Å². The molecule has 0 spiro atoms. The van der Waals surface area contributed by atoms with Crippen LogP contribution in [-0.4, -0.2) is 50.7 Å². The number of halogens is 1. The summed E-state index contributed by atoms with van der Waals surface area (Å²) in [7, 11) is 3.17. The predicted molar refractivity (Wildman–Crippen MR) is 144 cm³/mol. The van der Waals surface area contributed by atoms with Gasteiger partial charge in [0.05, 0.1) is 7.11 Å². The number of nitrogens with one attached hydrogen (secondary N) is 1. The first-order valence-corrected chi connectivity index (χ1v) is 14.0. The van der Waals surface area contributed by atoms with Gasteiger partial charge in [-0.2, -0.15) is 0 Å². The maximum atomic E-state index is 14.0. The summed E-state index contributed by atoms with van der Waals surface area (Å²) in [5.41, 5.74) is 2.36. The molecular formula is C29H40FNO4S. The Bertz CT molecular complexity index is 1030. The Morgan fingerprint density at radius 2 is 2.00 bits per heavy atom. The van der Waals surface area contributed by atoms with Crippen molar-refractivity contribution >= 4 is 17.7 Å². The van der Waals surface area contributed by atoms with E-state index in [1.807, 2.05) is 6.26 Å². The number of fused-ring (bicyclic) bond motifs is 1. The highest BCUT2D eigenvalue weighted by Crippen LogP contribution is 2.51. The van der Waals surface area contributed by atoms with Crippen LogP contribution in [0.2, 0.25) is 0 Å². The molecular weight excluding hydrogens is 477 g/mol. The van der Waals surface area contributed by atoms with Gasteiger partial charge in [-0.15, -0.1) is 11.8 Å². The second-order valence-electron chi connectivity index (χ2n) is 9.91. The Morgan fingerprint density at radius 1 is 1.22 bits per heavy atom. The molecule has 198 valence electrons. The molecule has 0 amide bonds. The lowest BCUT2D eigenvalue weighted by Gasteiger charge is -2.51. The van der Waals surface area contributed by atoms with Crippen LogP contribution in [0.5, 0.6) is 5.75 Å². The van der Waals surface area contributed by atoms with Crippen molar-refractivity contribution in [1.82, 2.24) is 5.32 Å². The van der Waals surface area contributed by atoms with Crippen LogP contribution in [0, 0.1) is 17.7 Å². The van der Waals surface area contributed by atoms with Gasteiger partial charge in [0.1, 0.15) is 11.6 Å². The standard InChI is InChI=1S/C29H40FNO4S/c1-19(2)29(27(35-4)28(32)33)22(10-9-21-18-23(30)11-12-24(21)29)14-16-31-15-6-7-20-8-13-26(36-5)25(17-20)34-3/h8,11-13,17-19,22,27,31H,6-7,9-10,14-16H2,1-5H3,(H,32,33). The van der Waals surface area contributed by atoms with E-state index in [-0.39, 0.29) is 17.7 Å². The SMILES string of the molecule is COc1cc(CCCNCCC2CCc3cc(F)ccc3C2(C(C)C)C(OC)C(=O)O)ccc1SC. The largest absolute Gasteiger partial charge is 0.496 e. The highest BCUT2D eigenvalue weighted by Gasteiger charge is 2.54. The number of rotatable bonds is 13. The fraction of sp³-hybridized carbons (Fsp3) is 0.552. The van der Waals surface area contributed by atoms with Crippen LogP contribution in [-0.2, 0) is 27.8 Å². The second-order valence-corrected chi connectivity index (χ2v) is 10.8. The molecule has 7 heteroatoms. The van der Waals surface area contributed by atoms with Crippen LogP contribution >= 0.6 is 11.8 Å². The maximum Gasteiger partial charge on any atom is 0.333 e. The van der Waals surface area contributed by atoms with E-state index >= 15 is 0 Å². The number of ether oxygens (including phenoxy) is 2. The van der Waals surface area contributed by atoms with Crippen molar-refractivity contribution in [3.05, 3.63) is 58.9 Å². The summed E-state index contributed by atoms with van der Waals surface area (Å²) in [4.78, 5) is 13.5. The Kier molecular flexibility index (Phi) is 10.2. The molecule has 3 rings (SSSR count). The van der Waals surface area contributed by atoms with E-state index in [0.29, 0.717) is 0 Å². The first kappa shape index (κ1) is 28.5. The van der Waals surface area contributed by atoms with E-state index in [1.165, 1.54) is 18.7 Å². The minimum absolute atomic E-state index is 0.00676. The lowest BCUT2D eigenvalue weighted by atomic mass is 9.54. The number of carboxylic acid groups (broad SMARTS) is 1. The molecule has 0 bridgehead atoms. The summed E-state index contributed by atoms with van der Waals surface area (Å²) in [6.45, 7) is 5.79. The van der Waals surface area contributed by atoms with Gasteiger partial charge in [-0.3, -0.25) is 0 Å². The van der Waals surface area contributed by atoms with Gasteiger partial charge in [-0.1, -0.05) is 26.0 Å². The van der Waals surface area contributed by atoms with Crippen molar-refractivity contribution in [2.75, 3.05) is 33.6 Å². The highest BCUT2D eigenvalue weighted by molar-refractivity contribution is 7.98. The van der Waals surface area contributed by atoms with Crippen molar-refractivity contribution in [3.63, 3.8) is 0 Å². The van der Waals surface area contributed by atoms with Crippen LogP contribution in [0.15, 0.2) is 41.3 Å². The number of thioether (sulfide) groups is 1. The van der Waals surface area contributed by atoms with Crippen LogP contribution in [0.1, 0.15) is 49.8 Å². The molecule has 1 aliphatic carbocycles. The normalized spacial score (nSPS) is 20.2. The molecule has 0 fully saturated rings. The Balaban J connectivity index is 1.68. The smallest absolute Gasteiger partial charge is 0.333 e. The molecule has 36 heavy (non-hydrogen) atoms. The average molecular weight is 518 g/mol. The lowest BCUT2D eigenvalue weighted by Crippen LogP contribution is -2.56. The van der Waals surface area contributed by atoms with E-state index in [4.69, 9.17) is 9.47 Å². The van der Waals surface area contributed by atoms with Crippen LogP contribution in [0.4, 0.5) is 4.39 Å². The lowest BCUT2D eigenvalue weighted by molar-refractivity contribution is -0.158. The van der Waals surface area contributed by atoms with E-state index in [2.05, 4.69) is 37.4 Å². The molecule has 3 atom stereocenters. The number of carboxylic acids is 1. The zero-order valence-electron chi connectivity index (χ0n) is 22.1. The molecule has 0 saturated heterocycles. The van der Waals surface area contributed by atoms with Gasteiger partial charge < -0.3 is 19.9 Å². The fourth-order valence-electron chi connectivity index (χ4n) is 6.16. The molecule has 2 aromatic rings. The van der Waals surface area contributed by atoms with Crippen molar-refractivity contribution < 1.29 is 23.8 Å². The van der Waals surface area contributed by atoms with Crippen molar-refractivity contribution in [3.8, 4) is 5.75 Å². The summed E-state index contributed by atoms with van der Waals surface area (Å²) in [5, 5.41) is 13.7. The topological polar surface area (TPSA) is 67.8 Å². The number of hydrogen-bond donors (Lipinski definition) is 2. The van der Waals surface area contributed by atoms with Crippen molar-refractivity contribution in [2.45, 2.75) is 62.4 Å². The van der Waals surface area contributed by atoms with E-state index in [0.717, 1.165) is 67.0 Å². The van der Waals surface area contributed by atoms with Gasteiger partial charge in [-0.05, 0) is 104 Å². The van der Waals surface area contributed by atoms with Gasteiger partial charge in [0.25, 0.3) is 0 Å². The molecule has 0 radical (unpaired) electrons. The van der Waals surface area contributed by atoms with Gasteiger partial charge >= 0.3 is 5.97 Å². The number of aryl methyl sites for hydroxylation is 2. The third-order valence-corrected chi connectivity index (χ3v) is 8.53. The highest BCUT2D eigenvalue weighted by atomic mass is 32.2. The molecule has 2 N–H and O–H groups in total. The molecule has 5 nitrogen and oxygen atoms in total. The molecule has 3 unspecified atom stereocenters. The fourth-order valence-corrected chi connectivity index (χ4v) is 6.71. The zero-order valence-corrected chi connectivity index (χ0v) is 22.9. The molecule has 0 heterocycles. The van der Waals surface area contributed by atoms with Crippen LogP contribution in [0.3, 0.4) is 0 Å². The summed E-state index contributed by atoms with van der Waals surface area (Å²) in [5.74, 6) is -0.220. The Labute approximate surface area is 219 Å². The van der Waals surface area contributed by atoms with Gasteiger partial charge in [0.15, 0.2) is 6.10 Å². The maximum absolute atomic E-state index is 14.0. The molecule has 0 saturated carbocycles. The third kappa shape index (κ3) is 5.90. The van der Waals surface area contributed by atoms with Gasteiger partial charge in [-0.25, -0.2) is 9.18 Å². The first-order valence-electron chi connectivity index (χ1n) is 12.8. The molecule has 0 aromatic heterocycles. The Hall–Kier alpha value is -2.09. The molecule has 2 aromatic carbocycles. The minimum Gasteiger partial charge on any atom is -0.496 e. The monoisotopic (exact) mass is 517 g/mol. The summed E-state index contributed by atoms with van der Waals surface area (Å²) < 4.78 is 25.2. The van der Waals surface area contributed by atoms with E-state index in [9.17, 15) is 14.3 Å². The van der Waals surface area contributed by atoms with E-state index < -0.39 is 17.5 Å². The Morgan fingerprint density at radius 3 is 2.64 bits per heavy atom. The van der Waals surface area contributed by atoms with Crippen molar-refractivity contribution in [1.29, 1.82) is 0 Å². The number of benzene rings is 2. The summed E-state index contributed by atoms with van der Waals surface area (Å²) in [6.07, 6.45) is 5.40. The number of methoxy groups -OCH3 is 2. The first-order chi connectivity index (χ1) is 17.3. The van der Waals surface area contributed by atoms with Gasteiger partial charge in [0, 0.05) is 17.4 Å².